The zero-order valence-electron chi connectivity index (χ0n) is 15.9. The van der Waals surface area contributed by atoms with E-state index < -0.39 is 46.4 Å². The van der Waals surface area contributed by atoms with Crippen molar-refractivity contribution in [1.82, 2.24) is 20.7 Å². The van der Waals surface area contributed by atoms with E-state index in [1.807, 2.05) is 0 Å². The molecule has 0 atom stereocenters. The van der Waals surface area contributed by atoms with Gasteiger partial charge < -0.3 is 5.32 Å². The molecule has 1 saturated carbocycles. The summed E-state index contributed by atoms with van der Waals surface area (Å²) in [5, 5.41) is 12.1. The Kier molecular flexibility index (Phi) is 5.94. The minimum Gasteiger partial charge on any atom is -0.322 e. The van der Waals surface area contributed by atoms with Crippen LogP contribution >= 0.6 is 11.8 Å². The maximum absolute atomic E-state index is 13.2. The number of hydrazine groups is 1. The lowest BCUT2D eigenvalue weighted by atomic mass is 9.82. The Morgan fingerprint density at radius 3 is 2.63 bits per heavy atom. The van der Waals surface area contributed by atoms with Gasteiger partial charge in [0.15, 0.2) is 0 Å². The maximum atomic E-state index is 13.2. The molecule has 1 aliphatic carbocycles. The van der Waals surface area contributed by atoms with E-state index in [0.29, 0.717) is 29.6 Å². The molecule has 2 aliphatic rings. The summed E-state index contributed by atoms with van der Waals surface area (Å²) in [6, 6.07) is 1.50. The minimum absolute atomic E-state index is 0.0394. The van der Waals surface area contributed by atoms with Crippen LogP contribution in [-0.2, 0) is 15.8 Å². The molecule has 0 aromatic carbocycles. The van der Waals surface area contributed by atoms with Crippen LogP contribution in [0, 0.1) is 18.3 Å². The normalized spacial score (nSPS) is 18.3. The first kappa shape index (κ1) is 21.9. The highest BCUT2D eigenvalue weighted by Crippen LogP contribution is 2.36. The molecule has 2 fully saturated rings. The van der Waals surface area contributed by atoms with E-state index in [1.165, 1.54) is 13.0 Å². The highest BCUT2D eigenvalue weighted by Gasteiger charge is 2.52. The second kappa shape index (κ2) is 8.14. The van der Waals surface area contributed by atoms with Gasteiger partial charge in [-0.25, -0.2) is 9.78 Å². The fourth-order valence-corrected chi connectivity index (χ4v) is 4.43. The molecule has 0 radical (unpaired) electrons. The van der Waals surface area contributed by atoms with Crippen LogP contribution in [0.1, 0.15) is 48.9 Å². The molecule has 1 aromatic heterocycles. The summed E-state index contributed by atoms with van der Waals surface area (Å²) in [5.74, 6) is -1.76. The molecule has 0 bridgehead atoms. The standard InChI is InChI=1S/C18H18F3N5O3S/c1-10-7-12(18(19,20)21)11(8-22)14(23-10)30-9-13(27)25-26-15(28)17(24-16(26)29)5-3-2-4-6-17/h7H,2-6,9H2,1H3,(H,24,29)(H,25,27). The molecule has 12 heteroatoms. The summed E-state index contributed by atoms with van der Waals surface area (Å²) >= 11 is 0.622. The van der Waals surface area contributed by atoms with E-state index in [2.05, 4.69) is 15.7 Å². The van der Waals surface area contributed by atoms with E-state index in [4.69, 9.17) is 5.26 Å². The minimum atomic E-state index is -4.75. The number of nitriles is 1. The van der Waals surface area contributed by atoms with Gasteiger partial charge in [0.05, 0.1) is 16.9 Å². The van der Waals surface area contributed by atoms with Gasteiger partial charge in [-0.05, 0) is 25.8 Å². The zero-order valence-corrected chi connectivity index (χ0v) is 16.7. The molecule has 1 saturated heterocycles. The lowest BCUT2D eigenvalue weighted by molar-refractivity contribution is -0.139. The van der Waals surface area contributed by atoms with Crippen LogP contribution in [0.15, 0.2) is 11.1 Å². The number of urea groups is 1. The number of pyridine rings is 1. The van der Waals surface area contributed by atoms with Crippen molar-refractivity contribution >= 4 is 29.6 Å². The molecule has 1 aromatic rings. The number of imide groups is 1. The second-order valence-electron chi connectivity index (χ2n) is 7.14. The number of halogens is 3. The van der Waals surface area contributed by atoms with Crippen LogP contribution < -0.4 is 10.7 Å². The number of carbonyl (C=O) groups is 3. The zero-order chi connectivity index (χ0) is 22.1. The third-order valence-corrected chi connectivity index (χ3v) is 5.95. The number of carbonyl (C=O) groups excluding carboxylic acids is 3. The third kappa shape index (κ3) is 4.21. The van der Waals surface area contributed by atoms with E-state index in [9.17, 15) is 27.6 Å². The van der Waals surface area contributed by atoms with Crippen molar-refractivity contribution in [3.05, 3.63) is 22.9 Å². The number of aryl methyl sites for hydroxylation is 1. The van der Waals surface area contributed by atoms with Gasteiger partial charge in [0.2, 0.25) is 5.91 Å². The van der Waals surface area contributed by atoms with Gasteiger partial charge in [-0.15, -0.1) is 0 Å². The van der Waals surface area contributed by atoms with Crippen molar-refractivity contribution in [2.45, 2.75) is 55.8 Å². The highest BCUT2D eigenvalue weighted by atomic mass is 32.2. The average Bonchev–Trinajstić information content (AvgIpc) is 2.89. The lowest BCUT2D eigenvalue weighted by Gasteiger charge is -2.30. The Hall–Kier alpha value is -2.81. The Morgan fingerprint density at radius 2 is 2.03 bits per heavy atom. The molecule has 4 amide bonds. The summed E-state index contributed by atoms with van der Waals surface area (Å²) in [6.07, 6.45) is -1.26. The van der Waals surface area contributed by atoms with Crippen molar-refractivity contribution < 1.29 is 27.6 Å². The Bertz CT molecular complexity index is 938. The molecule has 0 unspecified atom stereocenters. The van der Waals surface area contributed by atoms with E-state index in [-0.39, 0.29) is 10.7 Å². The summed E-state index contributed by atoms with van der Waals surface area (Å²) < 4.78 is 39.5. The first-order chi connectivity index (χ1) is 14.1. The molecule has 30 heavy (non-hydrogen) atoms. The van der Waals surface area contributed by atoms with Gasteiger partial charge in [-0.2, -0.15) is 23.4 Å². The number of hydrogen-bond acceptors (Lipinski definition) is 6. The highest BCUT2D eigenvalue weighted by molar-refractivity contribution is 8.00. The van der Waals surface area contributed by atoms with E-state index >= 15 is 0 Å². The van der Waals surface area contributed by atoms with Gasteiger partial charge in [0, 0.05) is 5.69 Å². The van der Waals surface area contributed by atoms with Crippen molar-refractivity contribution in [3.8, 4) is 6.07 Å². The molecule has 1 spiro atoms. The number of thioether (sulfide) groups is 1. The molecular formula is C18H18F3N5O3S. The third-order valence-electron chi connectivity index (χ3n) is 4.98. The van der Waals surface area contributed by atoms with Gasteiger partial charge in [-0.1, -0.05) is 31.0 Å². The van der Waals surface area contributed by atoms with Crippen LogP contribution in [0.2, 0.25) is 0 Å². The van der Waals surface area contributed by atoms with Crippen LogP contribution in [0.4, 0.5) is 18.0 Å². The number of nitrogens with one attached hydrogen (secondary N) is 2. The SMILES string of the molecule is Cc1cc(C(F)(F)F)c(C#N)c(SCC(=O)NN2C(=O)NC3(CCCCC3)C2=O)n1. The molecule has 1 aliphatic heterocycles. The Labute approximate surface area is 174 Å². The quantitative estimate of drug-likeness (QED) is 0.548. The molecule has 8 nitrogen and oxygen atoms in total. The molecule has 3 rings (SSSR count). The molecule has 160 valence electrons. The van der Waals surface area contributed by atoms with E-state index in [1.54, 1.807) is 0 Å². The first-order valence-corrected chi connectivity index (χ1v) is 10.1. The topological polar surface area (TPSA) is 115 Å². The van der Waals surface area contributed by atoms with Crippen LogP contribution in [-0.4, -0.2) is 39.1 Å². The second-order valence-corrected chi connectivity index (χ2v) is 8.10. The summed E-state index contributed by atoms with van der Waals surface area (Å²) in [6.45, 7) is 1.34. The fourth-order valence-electron chi connectivity index (χ4n) is 3.59. The maximum Gasteiger partial charge on any atom is 0.417 e. The summed E-state index contributed by atoms with van der Waals surface area (Å²) in [5.41, 5.74) is -0.584. The van der Waals surface area contributed by atoms with E-state index in [0.717, 1.165) is 25.3 Å². The number of aromatic nitrogens is 1. The molecule has 2 N–H and O–H groups in total. The molecular weight excluding hydrogens is 423 g/mol. The van der Waals surface area contributed by atoms with Crippen LogP contribution in [0.25, 0.3) is 0 Å². The Balaban J connectivity index is 1.70. The first-order valence-electron chi connectivity index (χ1n) is 9.15. The van der Waals surface area contributed by atoms with Crippen LogP contribution in [0.5, 0.6) is 0 Å². The smallest absolute Gasteiger partial charge is 0.322 e. The van der Waals surface area contributed by atoms with Crippen LogP contribution in [0.3, 0.4) is 0 Å². The van der Waals surface area contributed by atoms with Crippen molar-refractivity contribution in [2.24, 2.45) is 0 Å². The average molecular weight is 441 g/mol. The summed E-state index contributed by atoms with van der Waals surface area (Å²) in [7, 11) is 0. The Morgan fingerprint density at radius 1 is 1.37 bits per heavy atom. The lowest BCUT2D eigenvalue weighted by Crippen LogP contribution is -2.51. The number of hydrogen-bond donors (Lipinski definition) is 2. The van der Waals surface area contributed by atoms with Crippen molar-refractivity contribution in [3.63, 3.8) is 0 Å². The van der Waals surface area contributed by atoms with Gasteiger partial charge in [-0.3, -0.25) is 15.0 Å². The molecule has 2 heterocycles. The number of rotatable bonds is 4. The summed E-state index contributed by atoms with van der Waals surface area (Å²) in [4.78, 5) is 41.0. The van der Waals surface area contributed by atoms with Crippen molar-refractivity contribution in [2.75, 3.05) is 5.75 Å². The predicted octanol–water partition coefficient (Wildman–Crippen LogP) is 2.66. The monoisotopic (exact) mass is 441 g/mol. The fraction of sp³-hybridized carbons (Fsp3) is 0.500. The van der Waals surface area contributed by atoms with Gasteiger partial charge >= 0.3 is 12.2 Å². The van der Waals surface area contributed by atoms with Crippen molar-refractivity contribution in [1.29, 1.82) is 5.26 Å². The number of alkyl halides is 3. The largest absolute Gasteiger partial charge is 0.417 e. The number of amides is 4. The number of nitrogens with zero attached hydrogens (tertiary/aromatic N) is 3. The predicted molar refractivity (Wildman–Crippen MR) is 98.8 cm³/mol. The van der Waals surface area contributed by atoms with Gasteiger partial charge in [0.1, 0.15) is 16.6 Å². The van der Waals surface area contributed by atoms with Gasteiger partial charge in [0.25, 0.3) is 5.91 Å².